The molecule has 5 heteroatoms. The predicted molar refractivity (Wildman–Crippen MR) is 89.9 cm³/mol. The molecular formula is C19H17NO4. The second-order valence-corrected chi connectivity index (χ2v) is 5.33. The van der Waals surface area contributed by atoms with Gasteiger partial charge in [0.2, 0.25) is 0 Å². The van der Waals surface area contributed by atoms with Gasteiger partial charge in [0.25, 0.3) is 0 Å². The van der Waals surface area contributed by atoms with Crippen LogP contribution in [0, 0.1) is 0 Å². The van der Waals surface area contributed by atoms with Crippen LogP contribution in [0.3, 0.4) is 0 Å². The fourth-order valence-corrected chi connectivity index (χ4v) is 2.39. The predicted octanol–water partition coefficient (Wildman–Crippen LogP) is 4.03. The molecule has 122 valence electrons. The number of rotatable bonds is 6. The molecule has 0 saturated heterocycles. The van der Waals surface area contributed by atoms with Crippen molar-refractivity contribution in [1.82, 2.24) is 4.98 Å². The molecule has 0 fully saturated rings. The molecule has 0 radical (unpaired) electrons. The van der Waals surface area contributed by atoms with Crippen LogP contribution in [-0.2, 0) is 11.2 Å². The molecule has 0 saturated carbocycles. The van der Waals surface area contributed by atoms with E-state index >= 15 is 0 Å². The quantitative estimate of drug-likeness (QED) is 0.741. The van der Waals surface area contributed by atoms with Gasteiger partial charge in [-0.15, -0.1) is 0 Å². The van der Waals surface area contributed by atoms with Gasteiger partial charge in [0.05, 0.1) is 13.5 Å². The first kappa shape index (κ1) is 15.8. The maximum absolute atomic E-state index is 10.6. The summed E-state index contributed by atoms with van der Waals surface area (Å²) in [5, 5.41) is 8.69. The molecule has 3 aromatic rings. The Morgan fingerprint density at radius 2 is 1.62 bits per heavy atom. The maximum atomic E-state index is 10.6. The van der Waals surface area contributed by atoms with E-state index in [1.807, 2.05) is 48.5 Å². The normalized spacial score (nSPS) is 10.5. The zero-order chi connectivity index (χ0) is 16.9. The lowest BCUT2D eigenvalue weighted by molar-refractivity contribution is -0.137. The maximum Gasteiger partial charge on any atom is 0.303 e. The van der Waals surface area contributed by atoms with Crippen molar-refractivity contribution in [2.24, 2.45) is 0 Å². The van der Waals surface area contributed by atoms with E-state index in [0.29, 0.717) is 18.0 Å². The summed E-state index contributed by atoms with van der Waals surface area (Å²) >= 11 is 0. The molecule has 2 aromatic carbocycles. The molecule has 0 bridgehead atoms. The number of nitrogens with zero attached hydrogens (tertiary/aromatic N) is 1. The molecule has 1 aromatic heterocycles. The highest BCUT2D eigenvalue weighted by atomic mass is 16.5. The highest BCUT2D eigenvalue weighted by Crippen LogP contribution is 2.26. The fraction of sp³-hybridized carbons (Fsp3) is 0.158. The average Bonchev–Trinajstić information content (AvgIpc) is 3.09. The summed E-state index contributed by atoms with van der Waals surface area (Å²) in [4.78, 5) is 14.9. The largest absolute Gasteiger partial charge is 0.497 e. The van der Waals surface area contributed by atoms with Gasteiger partial charge in [0.15, 0.2) is 5.89 Å². The summed E-state index contributed by atoms with van der Waals surface area (Å²) in [6, 6.07) is 15.8. The number of hydrogen-bond donors (Lipinski definition) is 1. The standard InChI is InChI=1S/C19H17NO4/c1-23-16-8-6-14(7-9-16)13-2-4-15(5-3-13)17-12-24-18(20-17)10-11-19(21)22/h2-9,12H,10-11H2,1H3,(H,21,22). The van der Waals surface area contributed by atoms with Crippen molar-refractivity contribution in [3.8, 4) is 28.1 Å². The van der Waals surface area contributed by atoms with Crippen molar-refractivity contribution in [2.45, 2.75) is 12.8 Å². The number of aromatic nitrogens is 1. The Kier molecular flexibility index (Phi) is 4.61. The number of methoxy groups -OCH3 is 1. The van der Waals surface area contributed by atoms with Crippen molar-refractivity contribution in [2.75, 3.05) is 7.11 Å². The third kappa shape index (κ3) is 3.63. The summed E-state index contributed by atoms with van der Waals surface area (Å²) in [6.45, 7) is 0. The Bertz CT molecular complexity index is 819. The minimum Gasteiger partial charge on any atom is -0.497 e. The van der Waals surface area contributed by atoms with Gasteiger partial charge in [0.1, 0.15) is 17.7 Å². The minimum absolute atomic E-state index is 0.0103. The van der Waals surface area contributed by atoms with Crippen LogP contribution in [0.4, 0.5) is 0 Å². The Morgan fingerprint density at radius 1 is 1.04 bits per heavy atom. The van der Waals surface area contributed by atoms with Crippen LogP contribution in [0.15, 0.2) is 59.2 Å². The van der Waals surface area contributed by atoms with Gasteiger partial charge >= 0.3 is 5.97 Å². The first-order valence-electron chi connectivity index (χ1n) is 7.57. The van der Waals surface area contributed by atoms with Crippen LogP contribution >= 0.6 is 0 Å². The molecule has 0 aliphatic heterocycles. The summed E-state index contributed by atoms with van der Waals surface area (Å²) in [5.74, 6) is 0.400. The average molecular weight is 323 g/mol. The molecule has 1 heterocycles. The van der Waals surface area contributed by atoms with Crippen LogP contribution in [0.1, 0.15) is 12.3 Å². The molecular weight excluding hydrogens is 306 g/mol. The highest BCUT2D eigenvalue weighted by molar-refractivity contribution is 5.69. The summed E-state index contributed by atoms with van der Waals surface area (Å²) in [5.41, 5.74) is 3.83. The van der Waals surface area contributed by atoms with Crippen molar-refractivity contribution >= 4 is 5.97 Å². The van der Waals surface area contributed by atoms with Crippen molar-refractivity contribution in [3.63, 3.8) is 0 Å². The van der Waals surface area contributed by atoms with Gasteiger partial charge in [0, 0.05) is 12.0 Å². The van der Waals surface area contributed by atoms with Gasteiger partial charge in [-0.3, -0.25) is 4.79 Å². The van der Waals surface area contributed by atoms with E-state index in [9.17, 15) is 4.79 Å². The third-order valence-electron chi connectivity index (χ3n) is 3.71. The number of carbonyl (C=O) groups is 1. The monoisotopic (exact) mass is 323 g/mol. The number of hydrogen-bond acceptors (Lipinski definition) is 4. The molecule has 0 unspecified atom stereocenters. The molecule has 3 rings (SSSR count). The number of aliphatic carboxylic acids is 1. The Labute approximate surface area is 139 Å². The van der Waals surface area contributed by atoms with Crippen molar-refractivity contribution in [1.29, 1.82) is 0 Å². The van der Waals surface area contributed by atoms with Crippen LogP contribution in [0.25, 0.3) is 22.4 Å². The Morgan fingerprint density at radius 3 is 2.21 bits per heavy atom. The second-order valence-electron chi connectivity index (χ2n) is 5.33. The molecule has 0 atom stereocenters. The van der Waals surface area contributed by atoms with Crippen LogP contribution in [-0.4, -0.2) is 23.2 Å². The molecule has 0 spiro atoms. The topological polar surface area (TPSA) is 72.6 Å². The van der Waals surface area contributed by atoms with E-state index in [1.165, 1.54) is 0 Å². The lowest BCUT2D eigenvalue weighted by atomic mass is 10.0. The lowest BCUT2D eigenvalue weighted by Gasteiger charge is -2.04. The molecule has 0 amide bonds. The first-order chi connectivity index (χ1) is 11.7. The number of carboxylic acids is 1. The van der Waals surface area contributed by atoms with E-state index in [1.54, 1.807) is 13.4 Å². The van der Waals surface area contributed by atoms with Gasteiger partial charge in [-0.2, -0.15) is 0 Å². The zero-order valence-electron chi connectivity index (χ0n) is 13.2. The molecule has 5 nitrogen and oxygen atoms in total. The summed E-state index contributed by atoms with van der Waals surface area (Å²) < 4.78 is 10.5. The van der Waals surface area contributed by atoms with Crippen LogP contribution in [0.5, 0.6) is 5.75 Å². The van der Waals surface area contributed by atoms with E-state index in [-0.39, 0.29) is 6.42 Å². The first-order valence-corrected chi connectivity index (χ1v) is 7.57. The van der Waals surface area contributed by atoms with E-state index in [2.05, 4.69) is 4.98 Å². The Hall–Kier alpha value is -3.08. The fourth-order valence-electron chi connectivity index (χ4n) is 2.39. The summed E-state index contributed by atoms with van der Waals surface area (Å²) in [6.07, 6.45) is 1.86. The van der Waals surface area contributed by atoms with Crippen LogP contribution < -0.4 is 4.74 Å². The number of oxazole rings is 1. The van der Waals surface area contributed by atoms with Crippen molar-refractivity contribution < 1.29 is 19.1 Å². The van der Waals surface area contributed by atoms with E-state index < -0.39 is 5.97 Å². The van der Waals surface area contributed by atoms with Crippen molar-refractivity contribution in [3.05, 3.63) is 60.7 Å². The highest BCUT2D eigenvalue weighted by Gasteiger charge is 2.08. The van der Waals surface area contributed by atoms with Gasteiger partial charge in [-0.25, -0.2) is 4.98 Å². The number of aryl methyl sites for hydroxylation is 1. The Balaban J connectivity index is 1.75. The van der Waals surface area contributed by atoms with Crippen LogP contribution in [0.2, 0.25) is 0 Å². The van der Waals surface area contributed by atoms with Gasteiger partial charge in [-0.1, -0.05) is 36.4 Å². The SMILES string of the molecule is COc1ccc(-c2ccc(-c3coc(CCC(=O)O)n3)cc2)cc1. The summed E-state index contributed by atoms with van der Waals surface area (Å²) in [7, 11) is 1.65. The minimum atomic E-state index is -0.862. The smallest absolute Gasteiger partial charge is 0.303 e. The number of ether oxygens (including phenoxy) is 1. The van der Waals surface area contributed by atoms with Gasteiger partial charge in [-0.05, 0) is 23.3 Å². The second kappa shape index (κ2) is 7.00. The third-order valence-corrected chi connectivity index (χ3v) is 3.71. The number of carboxylic acid groups (broad SMARTS) is 1. The molecule has 0 aliphatic carbocycles. The zero-order valence-corrected chi connectivity index (χ0v) is 13.2. The lowest BCUT2D eigenvalue weighted by Crippen LogP contribution is -1.97. The molecule has 0 aliphatic rings. The molecule has 1 N–H and O–H groups in total. The molecule has 24 heavy (non-hydrogen) atoms. The number of benzene rings is 2. The van der Waals surface area contributed by atoms with E-state index in [4.69, 9.17) is 14.3 Å². The van der Waals surface area contributed by atoms with E-state index in [0.717, 1.165) is 22.4 Å². The van der Waals surface area contributed by atoms with Gasteiger partial charge < -0.3 is 14.3 Å².